The quantitative estimate of drug-likeness (QED) is 0.548. The minimum atomic E-state index is -0.993. The molecule has 0 unspecified atom stereocenters. The van der Waals surface area contributed by atoms with Crippen molar-refractivity contribution in [2.45, 2.75) is 19.8 Å². The van der Waals surface area contributed by atoms with Crippen LogP contribution in [-0.4, -0.2) is 29.2 Å². The second kappa shape index (κ2) is 7.32. The molecule has 18 heavy (non-hydrogen) atoms. The summed E-state index contributed by atoms with van der Waals surface area (Å²) < 4.78 is 5.23. The molecule has 0 aliphatic carbocycles. The molecule has 5 nitrogen and oxygen atoms in total. The fraction of sp³-hybridized carbons (Fsp3) is 0.385. The largest absolute Gasteiger partial charge is 0.478 e. The van der Waals surface area contributed by atoms with Gasteiger partial charge in [-0.1, -0.05) is 6.08 Å². The molecule has 0 aliphatic rings. The Bertz CT molecular complexity index is 419. The number of nitrogens with zero attached hydrogens (tertiary/aromatic N) is 1. The Morgan fingerprint density at radius 2 is 2.39 bits per heavy atom. The van der Waals surface area contributed by atoms with Gasteiger partial charge in [0.05, 0.1) is 12.2 Å². The number of rotatable bonds is 8. The van der Waals surface area contributed by atoms with Crippen molar-refractivity contribution in [3.8, 4) is 5.88 Å². The van der Waals surface area contributed by atoms with Crippen molar-refractivity contribution in [1.29, 1.82) is 0 Å². The minimum absolute atomic E-state index is 0.166. The lowest BCUT2D eigenvalue weighted by Gasteiger charge is -2.09. The highest BCUT2D eigenvalue weighted by atomic mass is 16.5. The second-order valence-corrected chi connectivity index (χ2v) is 3.68. The first-order valence-corrected chi connectivity index (χ1v) is 5.90. The van der Waals surface area contributed by atoms with Crippen LogP contribution >= 0.6 is 0 Å². The highest BCUT2D eigenvalue weighted by Crippen LogP contribution is 2.16. The number of anilines is 1. The zero-order valence-electron chi connectivity index (χ0n) is 10.5. The summed E-state index contributed by atoms with van der Waals surface area (Å²) in [7, 11) is 0. The minimum Gasteiger partial charge on any atom is -0.478 e. The molecule has 0 saturated heterocycles. The van der Waals surface area contributed by atoms with Gasteiger partial charge in [0.1, 0.15) is 5.82 Å². The molecule has 0 radical (unpaired) electrons. The number of hydrogen-bond acceptors (Lipinski definition) is 4. The van der Waals surface area contributed by atoms with Crippen LogP contribution in [0.1, 0.15) is 30.1 Å². The van der Waals surface area contributed by atoms with Gasteiger partial charge < -0.3 is 15.2 Å². The number of carboxylic acids is 1. The van der Waals surface area contributed by atoms with Crippen molar-refractivity contribution in [3.63, 3.8) is 0 Å². The van der Waals surface area contributed by atoms with Gasteiger partial charge in [-0.25, -0.2) is 4.79 Å². The summed E-state index contributed by atoms with van der Waals surface area (Å²) in [5.41, 5.74) is 0.166. The van der Waals surface area contributed by atoms with Gasteiger partial charge in [0, 0.05) is 12.6 Å². The average molecular weight is 250 g/mol. The first-order valence-electron chi connectivity index (χ1n) is 5.90. The number of aromatic nitrogens is 1. The zero-order chi connectivity index (χ0) is 13.4. The van der Waals surface area contributed by atoms with Crippen LogP contribution in [0.2, 0.25) is 0 Å². The molecule has 0 aliphatic heterocycles. The molecule has 0 saturated carbocycles. The van der Waals surface area contributed by atoms with Crippen LogP contribution in [0, 0.1) is 0 Å². The Morgan fingerprint density at radius 3 is 3.00 bits per heavy atom. The molecule has 0 spiro atoms. The van der Waals surface area contributed by atoms with E-state index in [0.29, 0.717) is 24.8 Å². The third kappa shape index (κ3) is 4.45. The standard InChI is InChI=1S/C13H18N2O3/c1-3-5-6-7-14-11-8-10(13(16)17)9-12(15-11)18-4-2/h3,8-9H,1,4-7H2,2H3,(H,14,15)(H,16,17). The summed E-state index contributed by atoms with van der Waals surface area (Å²) in [6.45, 7) is 6.63. The van der Waals surface area contributed by atoms with Gasteiger partial charge in [-0.05, 0) is 25.8 Å². The molecule has 1 rings (SSSR count). The number of carbonyl (C=O) groups is 1. The molecule has 1 aromatic heterocycles. The van der Waals surface area contributed by atoms with Crippen LogP contribution in [0.25, 0.3) is 0 Å². The predicted octanol–water partition coefficient (Wildman–Crippen LogP) is 2.56. The topological polar surface area (TPSA) is 71.5 Å². The molecular formula is C13H18N2O3. The fourth-order valence-electron chi connectivity index (χ4n) is 1.40. The van der Waals surface area contributed by atoms with Crippen molar-refractivity contribution in [2.24, 2.45) is 0 Å². The van der Waals surface area contributed by atoms with E-state index in [1.54, 1.807) is 0 Å². The lowest BCUT2D eigenvalue weighted by molar-refractivity contribution is 0.0696. The van der Waals surface area contributed by atoms with Crippen molar-refractivity contribution in [2.75, 3.05) is 18.5 Å². The molecule has 1 heterocycles. The van der Waals surface area contributed by atoms with E-state index in [2.05, 4.69) is 16.9 Å². The highest BCUT2D eigenvalue weighted by Gasteiger charge is 2.08. The number of ether oxygens (including phenoxy) is 1. The molecule has 1 aromatic rings. The molecule has 0 fully saturated rings. The summed E-state index contributed by atoms with van der Waals surface area (Å²) in [4.78, 5) is 15.1. The Balaban J connectivity index is 2.75. The Labute approximate surface area is 107 Å². The number of carboxylic acid groups (broad SMARTS) is 1. The number of unbranched alkanes of at least 4 members (excludes halogenated alkanes) is 1. The Hall–Kier alpha value is -2.04. The fourth-order valence-corrected chi connectivity index (χ4v) is 1.40. The van der Waals surface area contributed by atoms with Crippen LogP contribution in [0.4, 0.5) is 5.82 Å². The van der Waals surface area contributed by atoms with E-state index in [1.807, 2.05) is 13.0 Å². The van der Waals surface area contributed by atoms with Crippen molar-refractivity contribution in [1.82, 2.24) is 4.98 Å². The third-order valence-corrected chi connectivity index (χ3v) is 2.23. The molecule has 5 heteroatoms. The van der Waals surface area contributed by atoms with Crippen LogP contribution in [0.5, 0.6) is 5.88 Å². The molecular weight excluding hydrogens is 232 g/mol. The van der Waals surface area contributed by atoms with Crippen molar-refractivity contribution < 1.29 is 14.6 Å². The predicted molar refractivity (Wildman–Crippen MR) is 70.3 cm³/mol. The lowest BCUT2D eigenvalue weighted by atomic mass is 10.2. The maximum Gasteiger partial charge on any atom is 0.336 e. The van der Waals surface area contributed by atoms with Gasteiger partial charge >= 0.3 is 5.97 Å². The summed E-state index contributed by atoms with van der Waals surface area (Å²) in [6.07, 6.45) is 3.67. The van der Waals surface area contributed by atoms with E-state index in [1.165, 1.54) is 12.1 Å². The molecule has 0 atom stereocenters. The van der Waals surface area contributed by atoms with E-state index in [9.17, 15) is 4.79 Å². The first kappa shape index (κ1) is 14.0. The van der Waals surface area contributed by atoms with Gasteiger partial charge in [0.15, 0.2) is 0 Å². The smallest absolute Gasteiger partial charge is 0.336 e. The van der Waals surface area contributed by atoms with E-state index >= 15 is 0 Å². The number of aromatic carboxylic acids is 1. The van der Waals surface area contributed by atoms with E-state index in [-0.39, 0.29) is 5.56 Å². The van der Waals surface area contributed by atoms with Gasteiger partial charge in [-0.15, -0.1) is 6.58 Å². The molecule has 0 aromatic carbocycles. The normalized spacial score (nSPS) is 9.83. The molecule has 0 bridgehead atoms. The molecule has 98 valence electrons. The second-order valence-electron chi connectivity index (χ2n) is 3.68. The monoisotopic (exact) mass is 250 g/mol. The maximum absolute atomic E-state index is 11.0. The van der Waals surface area contributed by atoms with Gasteiger partial charge in [0.25, 0.3) is 0 Å². The Kier molecular flexibility index (Phi) is 5.70. The number of pyridine rings is 1. The zero-order valence-corrected chi connectivity index (χ0v) is 10.5. The van der Waals surface area contributed by atoms with E-state index < -0.39 is 5.97 Å². The van der Waals surface area contributed by atoms with Gasteiger partial charge in [-0.3, -0.25) is 0 Å². The summed E-state index contributed by atoms with van der Waals surface area (Å²) >= 11 is 0. The molecule has 0 amide bonds. The van der Waals surface area contributed by atoms with Crippen LogP contribution < -0.4 is 10.1 Å². The maximum atomic E-state index is 11.0. The van der Waals surface area contributed by atoms with Crippen molar-refractivity contribution in [3.05, 3.63) is 30.4 Å². The summed E-state index contributed by atoms with van der Waals surface area (Å²) in [6, 6.07) is 2.92. The third-order valence-electron chi connectivity index (χ3n) is 2.23. The summed E-state index contributed by atoms with van der Waals surface area (Å²) in [5, 5.41) is 12.1. The van der Waals surface area contributed by atoms with Crippen LogP contribution in [-0.2, 0) is 0 Å². The highest BCUT2D eigenvalue weighted by molar-refractivity contribution is 5.88. The first-order chi connectivity index (χ1) is 8.67. The van der Waals surface area contributed by atoms with Crippen LogP contribution in [0.3, 0.4) is 0 Å². The SMILES string of the molecule is C=CCCCNc1cc(C(=O)O)cc(OCC)n1. The van der Waals surface area contributed by atoms with Gasteiger partial charge in [-0.2, -0.15) is 4.98 Å². The van der Waals surface area contributed by atoms with E-state index in [4.69, 9.17) is 9.84 Å². The van der Waals surface area contributed by atoms with Crippen molar-refractivity contribution >= 4 is 11.8 Å². The number of allylic oxidation sites excluding steroid dienone is 1. The van der Waals surface area contributed by atoms with E-state index in [0.717, 1.165) is 12.8 Å². The number of hydrogen-bond donors (Lipinski definition) is 2. The summed E-state index contributed by atoms with van der Waals surface area (Å²) in [5.74, 6) is -0.154. The van der Waals surface area contributed by atoms with Crippen LogP contribution in [0.15, 0.2) is 24.8 Å². The van der Waals surface area contributed by atoms with Gasteiger partial charge in [0.2, 0.25) is 5.88 Å². The number of nitrogens with one attached hydrogen (secondary N) is 1. The Morgan fingerprint density at radius 1 is 1.61 bits per heavy atom. The lowest BCUT2D eigenvalue weighted by Crippen LogP contribution is -2.07. The average Bonchev–Trinajstić information content (AvgIpc) is 2.35. The molecule has 2 N–H and O–H groups in total.